The van der Waals surface area contributed by atoms with Crippen LogP contribution in [0.4, 0.5) is 0 Å². The highest BCUT2D eigenvalue weighted by molar-refractivity contribution is 5.73. The first-order valence-electron chi connectivity index (χ1n) is 6.19. The van der Waals surface area contributed by atoms with Crippen molar-refractivity contribution in [2.24, 2.45) is 5.73 Å². The van der Waals surface area contributed by atoms with Gasteiger partial charge in [-0.15, -0.1) is 0 Å². The van der Waals surface area contributed by atoms with Gasteiger partial charge in [-0.2, -0.15) is 0 Å². The van der Waals surface area contributed by atoms with Crippen molar-refractivity contribution in [2.75, 3.05) is 6.61 Å². The Morgan fingerprint density at radius 1 is 1.33 bits per heavy atom. The molecule has 0 radical (unpaired) electrons. The van der Waals surface area contributed by atoms with E-state index in [1.54, 1.807) is 0 Å². The second-order valence-electron chi connectivity index (χ2n) is 4.15. The van der Waals surface area contributed by atoms with E-state index in [2.05, 4.69) is 24.0 Å². The maximum Gasteiger partial charge on any atom is 0.217 e. The molecule has 0 heterocycles. The Morgan fingerprint density at radius 3 is 2.89 bits per heavy atom. The van der Waals surface area contributed by atoms with E-state index >= 15 is 0 Å². The summed E-state index contributed by atoms with van der Waals surface area (Å²) in [4.78, 5) is 10.6. The minimum Gasteiger partial charge on any atom is -0.395 e. The molecule has 0 saturated heterocycles. The summed E-state index contributed by atoms with van der Waals surface area (Å²) in [5.74, 6) is 5.67. The molecule has 0 fully saturated rings. The molecule has 1 aromatic rings. The van der Waals surface area contributed by atoms with Gasteiger partial charge in [-0.05, 0) is 37.0 Å². The minimum atomic E-state index is -0.237. The number of hydrogen-bond donors (Lipinski definition) is 2. The van der Waals surface area contributed by atoms with E-state index in [1.165, 1.54) is 5.56 Å². The van der Waals surface area contributed by atoms with Gasteiger partial charge < -0.3 is 10.8 Å². The number of benzene rings is 1. The smallest absolute Gasteiger partial charge is 0.217 e. The summed E-state index contributed by atoms with van der Waals surface area (Å²) < 4.78 is 0. The van der Waals surface area contributed by atoms with E-state index in [0.717, 1.165) is 24.8 Å². The number of aryl methyl sites for hydroxylation is 1. The molecule has 1 aromatic carbocycles. The van der Waals surface area contributed by atoms with Crippen molar-refractivity contribution >= 4 is 5.91 Å². The van der Waals surface area contributed by atoms with E-state index in [1.807, 2.05) is 12.1 Å². The molecule has 0 aliphatic rings. The topological polar surface area (TPSA) is 63.3 Å². The van der Waals surface area contributed by atoms with Crippen molar-refractivity contribution < 1.29 is 9.90 Å². The van der Waals surface area contributed by atoms with E-state index in [-0.39, 0.29) is 12.5 Å². The van der Waals surface area contributed by atoms with Crippen molar-refractivity contribution in [2.45, 2.75) is 32.1 Å². The van der Waals surface area contributed by atoms with Crippen LogP contribution in [-0.2, 0) is 11.2 Å². The number of carbonyl (C=O) groups excluding carboxylic acids is 1. The van der Waals surface area contributed by atoms with Crippen LogP contribution in [0.2, 0.25) is 0 Å². The predicted molar refractivity (Wildman–Crippen MR) is 71.8 cm³/mol. The first kappa shape index (κ1) is 14.3. The lowest BCUT2D eigenvalue weighted by Gasteiger charge is -2.01. The fourth-order valence-electron chi connectivity index (χ4n) is 1.65. The molecule has 1 amide bonds. The minimum absolute atomic E-state index is 0.0970. The Labute approximate surface area is 108 Å². The van der Waals surface area contributed by atoms with E-state index in [9.17, 15) is 4.79 Å². The third-order valence-electron chi connectivity index (χ3n) is 2.54. The van der Waals surface area contributed by atoms with Crippen LogP contribution in [0.5, 0.6) is 0 Å². The Morgan fingerprint density at radius 2 is 2.17 bits per heavy atom. The monoisotopic (exact) mass is 245 g/mol. The predicted octanol–water partition coefficient (Wildman–Crippen LogP) is 1.62. The average Bonchev–Trinajstić information content (AvgIpc) is 2.35. The van der Waals surface area contributed by atoms with Crippen LogP contribution in [0.25, 0.3) is 0 Å². The van der Waals surface area contributed by atoms with Gasteiger partial charge in [0.25, 0.3) is 0 Å². The van der Waals surface area contributed by atoms with Gasteiger partial charge in [0.05, 0.1) is 6.61 Å². The van der Waals surface area contributed by atoms with Crippen LogP contribution < -0.4 is 5.73 Å². The molecule has 0 spiro atoms. The molecule has 18 heavy (non-hydrogen) atoms. The summed E-state index contributed by atoms with van der Waals surface area (Å²) in [6.07, 6.45) is 3.67. The summed E-state index contributed by atoms with van der Waals surface area (Å²) in [6, 6.07) is 8.04. The van der Waals surface area contributed by atoms with Gasteiger partial charge in [0, 0.05) is 18.4 Å². The number of rotatable bonds is 6. The summed E-state index contributed by atoms with van der Waals surface area (Å²) >= 11 is 0. The molecule has 3 nitrogen and oxygen atoms in total. The highest BCUT2D eigenvalue weighted by Gasteiger charge is 1.97. The Hall–Kier alpha value is -1.79. The molecule has 0 unspecified atom stereocenters. The second-order valence-corrected chi connectivity index (χ2v) is 4.15. The zero-order chi connectivity index (χ0) is 13.2. The molecule has 96 valence electrons. The van der Waals surface area contributed by atoms with Crippen LogP contribution in [-0.4, -0.2) is 17.6 Å². The van der Waals surface area contributed by atoms with Gasteiger partial charge in [-0.25, -0.2) is 0 Å². The molecule has 3 heteroatoms. The lowest BCUT2D eigenvalue weighted by molar-refractivity contribution is -0.118. The Kier molecular flexibility index (Phi) is 6.60. The maximum atomic E-state index is 10.6. The molecule has 0 saturated carbocycles. The number of aliphatic hydroxyl groups is 1. The summed E-state index contributed by atoms with van der Waals surface area (Å²) in [7, 11) is 0. The first-order valence-corrected chi connectivity index (χ1v) is 6.19. The number of hydrogen-bond acceptors (Lipinski definition) is 2. The SMILES string of the molecule is NC(=O)CCCCc1cccc(C#CCCO)c1. The zero-order valence-electron chi connectivity index (χ0n) is 10.5. The first-order chi connectivity index (χ1) is 8.72. The Balaban J connectivity index is 2.45. The molecule has 0 aromatic heterocycles. The number of aliphatic hydroxyl groups excluding tert-OH is 1. The zero-order valence-corrected chi connectivity index (χ0v) is 10.5. The van der Waals surface area contributed by atoms with Crippen LogP contribution in [0.3, 0.4) is 0 Å². The molecular weight excluding hydrogens is 226 g/mol. The fraction of sp³-hybridized carbons (Fsp3) is 0.400. The van der Waals surface area contributed by atoms with Crippen LogP contribution in [0.15, 0.2) is 24.3 Å². The molecule has 0 aliphatic heterocycles. The summed E-state index contributed by atoms with van der Waals surface area (Å²) in [6.45, 7) is 0.0970. The number of primary amides is 1. The largest absolute Gasteiger partial charge is 0.395 e. The quantitative estimate of drug-likeness (QED) is 0.591. The van der Waals surface area contributed by atoms with Gasteiger partial charge >= 0.3 is 0 Å². The lowest BCUT2D eigenvalue weighted by Crippen LogP contribution is -2.09. The number of carbonyl (C=O) groups is 1. The van der Waals surface area contributed by atoms with Crippen molar-refractivity contribution in [3.05, 3.63) is 35.4 Å². The number of amides is 1. The van der Waals surface area contributed by atoms with Crippen molar-refractivity contribution in [1.29, 1.82) is 0 Å². The van der Waals surface area contributed by atoms with Crippen molar-refractivity contribution in [1.82, 2.24) is 0 Å². The van der Waals surface area contributed by atoms with Gasteiger partial charge in [-0.1, -0.05) is 24.0 Å². The standard InChI is InChI=1S/C15H19NO2/c16-15(18)10-2-1-6-13-8-5-9-14(12-13)7-3-4-11-17/h5,8-9,12,17H,1-2,4,6,10-11H2,(H2,16,18). The third-order valence-corrected chi connectivity index (χ3v) is 2.54. The van der Waals surface area contributed by atoms with Crippen LogP contribution >= 0.6 is 0 Å². The highest BCUT2D eigenvalue weighted by Crippen LogP contribution is 2.09. The van der Waals surface area contributed by atoms with E-state index in [0.29, 0.717) is 12.8 Å². The molecule has 3 N–H and O–H groups in total. The third kappa shape index (κ3) is 6.07. The molecule has 0 atom stereocenters. The second kappa shape index (κ2) is 8.32. The molecule has 0 bridgehead atoms. The summed E-state index contributed by atoms with van der Waals surface area (Å²) in [5, 5.41) is 8.65. The average molecular weight is 245 g/mol. The van der Waals surface area contributed by atoms with Crippen molar-refractivity contribution in [3.8, 4) is 11.8 Å². The van der Waals surface area contributed by atoms with Gasteiger partial charge in [0.2, 0.25) is 5.91 Å². The normalized spacial score (nSPS) is 9.61. The van der Waals surface area contributed by atoms with Crippen LogP contribution in [0.1, 0.15) is 36.8 Å². The highest BCUT2D eigenvalue weighted by atomic mass is 16.2. The fourth-order valence-corrected chi connectivity index (χ4v) is 1.65. The molecular formula is C15H19NO2. The lowest BCUT2D eigenvalue weighted by atomic mass is 10.0. The van der Waals surface area contributed by atoms with E-state index in [4.69, 9.17) is 10.8 Å². The van der Waals surface area contributed by atoms with Gasteiger partial charge in [0.15, 0.2) is 0 Å². The molecule has 1 rings (SSSR count). The Bertz CT molecular complexity index is 443. The number of unbranched alkanes of at least 4 members (excludes halogenated alkanes) is 1. The van der Waals surface area contributed by atoms with Crippen molar-refractivity contribution in [3.63, 3.8) is 0 Å². The maximum absolute atomic E-state index is 10.6. The van der Waals surface area contributed by atoms with Gasteiger partial charge in [-0.3, -0.25) is 4.79 Å². The number of nitrogens with two attached hydrogens (primary N) is 1. The molecule has 0 aliphatic carbocycles. The van der Waals surface area contributed by atoms with E-state index < -0.39 is 0 Å². The van der Waals surface area contributed by atoms with Gasteiger partial charge in [0.1, 0.15) is 0 Å². The summed E-state index contributed by atoms with van der Waals surface area (Å²) in [5.41, 5.74) is 7.27. The van der Waals surface area contributed by atoms with Crippen LogP contribution in [0, 0.1) is 11.8 Å².